The van der Waals surface area contributed by atoms with Crippen LogP contribution in [0.25, 0.3) is 0 Å². The molecule has 3 heterocycles. The normalized spacial score (nSPS) is 19.7. The number of aromatic nitrogens is 2. The lowest BCUT2D eigenvalue weighted by Crippen LogP contribution is -2.53. The van der Waals surface area contributed by atoms with Crippen LogP contribution in [0, 0.1) is 0 Å². The summed E-state index contributed by atoms with van der Waals surface area (Å²) in [5.41, 5.74) is 0.368. The number of imidazole rings is 1. The van der Waals surface area contributed by atoms with Crippen molar-refractivity contribution in [2.45, 2.75) is 44.3 Å². The number of likely N-dealkylation sites (tertiary alicyclic amines) is 2. The number of hydrogen-bond donors (Lipinski definition) is 1. The largest absolute Gasteiger partial charge is 0.490 e. The molecule has 0 unspecified atom stereocenters. The lowest BCUT2D eigenvalue weighted by Gasteiger charge is -2.44. The molecule has 1 aromatic heterocycles. The van der Waals surface area contributed by atoms with E-state index in [0.717, 1.165) is 32.5 Å². The maximum Gasteiger partial charge on any atom is 0.490 e. The number of halogens is 3. The van der Waals surface area contributed by atoms with Crippen LogP contribution >= 0.6 is 0 Å². The molecule has 0 aromatic carbocycles. The molecule has 0 radical (unpaired) electrons. The first-order chi connectivity index (χ1) is 12.6. The summed E-state index contributed by atoms with van der Waals surface area (Å²) in [5.74, 6) is -2.12. The van der Waals surface area contributed by atoms with Gasteiger partial charge < -0.3 is 14.6 Å². The Morgan fingerprint density at radius 1 is 1.22 bits per heavy atom. The number of piperidine rings is 1. The van der Waals surface area contributed by atoms with Gasteiger partial charge in [-0.05, 0) is 38.8 Å². The van der Waals surface area contributed by atoms with Crippen molar-refractivity contribution in [1.29, 1.82) is 0 Å². The third kappa shape index (κ3) is 4.79. The SMILES string of the molecule is CCN1CCCC12CCN(C(=O)c1nccn1C)CC2.O=C(O)C(F)(F)F. The summed E-state index contributed by atoms with van der Waals surface area (Å²) in [4.78, 5) is 30.1. The number of aliphatic carboxylic acids is 1. The van der Waals surface area contributed by atoms with Crippen LogP contribution in [0.4, 0.5) is 13.2 Å². The highest BCUT2D eigenvalue weighted by atomic mass is 19.4. The van der Waals surface area contributed by atoms with Crippen LogP contribution in [0.2, 0.25) is 0 Å². The molecule has 10 heteroatoms. The molecule has 0 saturated carbocycles. The highest BCUT2D eigenvalue weighted by molar-refractivity contribution is 5.90. The van der Waals surface area contributed by atoms with Crippen molar-refractivity contribution in [2.75, 3.05) is 26.2 Å². The zero-order chi connectivity index (χ0) is 20.2. The average Bonchev–Trinajstić information content (AvgIpc) is 3.21. The lowest BCUT2D eigenvalue weighted by atomic mass is 9.85. The van der Waals surface area contributed by atoms with E-state index in [1.807, 2.05) is 18.1 Å². The zero-order valence-corrected chi connectivity index (χ0v) is 15.5. The molecule has 2 saturated heterocycles. The van der Waals surface area contributed by atoms with Gasteiger partial charge in [-0.2, -0.15) is 13.2 Å². The number of carboxylic acid groups (broad SMARTS) is 1. The Morgan fingerprint density at radius 2 is 1.81 bits per heavy atom. The fourth-order valence-electron chi connectivity index (χ4n) is 3.89. The second kappa shape index (κ2) is 8.28. The van der Waals surface area contributed by atoms with Gasteiger partial charge in [-0.3, -0.25) is 9.69 Å². The third-order valence-corrected chi connectivity index (χ3v) is 5.36. The first-order valence-electron chi connectivity index (χ1n) is 8.92. The highest BCUT2D eigenvalue weighted by Gasteiger charge is 2.43. The molecule has 0 aliphatic carbocycles. The second-order valence-corrected chi connectivity index (χ2v) is 6.86. The molecule has 1 N–H and O–H groups in total. The summed E-state index contributed by atoms with van der Waals surface area (Å²) in [6.45, 7) is 6.33. The summed E-state index contributed by atoms with van der Waals surface area (Å²) in [6, 6.07) is 0. The molecule has 2 aliphatic rings. The molecular formula is C17H25F3N4O3. The minimum absolute atomic E-state index is 0.0772. The highest BCUT2D eigenvalue weighted by Crippen LogP contribution is 2.38. The van der Waals surface area contributed by atoms with E-state index in [0.29, 0.717) is 11.4 Å². The standard InChI is InChI=1S/C15H24N4O.C2HF3O2/c1-3-19-9-4-5-15(19)6-10-18(11-7-15)14(20)13-16-8-12-17(13)2;3-2(4,5)1(6)7/h8,12H,3-7,9-11H2,1-2H3;(H,6,7). The smallest absolute Gasteiger partial charge is 0.475 e. The van der Waals surface area contributed by atoms with Crippen molar-refractivity contribution < 1.29 is 27.9 Å². The average molecular weight is 390 g/mol. The molecule has 1 aromatic rings. The number of carboxylic acids is 1. The Hall–Kier alpha value is -2.10. The number of aryl methyl sites for hydroxylation is 1. The zero-order valence-electron chi connectivity index (χ0n) is 15.5. The van der Waals surface area contributed by atoms with Gasteiger partial charge in [-0.1, -0.05) is 6.92 Å². The van der Waals surface area contributed by atoms with Gasteiger partial charge in [0.25, 0.3) is 5.91 Å². The van der Waals surface area contributed by atoms with Crippen molar-refractivity contribution in [3.05, 3.63) is 18.2 Å². The Kier molecular flexibility index (Phi) is 6.50. The monoisotopic (exact) mass is 390 g/mol. The van der Waals surface area contributed by atoms with Crippen LogP contribution in [0.1, 0.15) is 43.2 Å². The van der Waals surface area contributed by atoms with E-state index in [4.69, 9.17) is 9.90 Å². The minimum Gasteiger partial charge on any atom is -0.475 e. The van der Waals surface area contributed by atoms with Crippen LogP contribution in [0.15, 0.2) is 12.4 Å². The fourth-order valence-corrected chi connectivity index (χ4v) is 3.89. The van der Waals surface area contributed by atoms with Gasteiger partial charge in [0.15, 0.2) is 5.82 Å². The lowest BCUT2D eigenvalue weighted by molar-refractivity contribution is -0.192. The van der Waals surface area contributed by atoms with Crippen molar-refractivity contribution in [3.8, 4) is 0 Å². The Bertz CT molecular complexity index is 667. The first-order valence-corrected chi connectivity index (χ1v) is 8.92. The summed E-state index contributed by atoms with van der Waals surface area (Å²) >= 11 is 0. The third-order valence-electron chi connectivity index (χ3n) is 5.36. The number of rotatable bonds is 2. The van der Waals surface area contributed by atoms with Crippen molar-refractivity contribution in [2.24, 2.45) is 7.05 Å². The van der Waals surface area contributed by atoms with Crippen LogP contribution in [0.5, 0.6) is 0 Å². The van der Waals surface area contributed by atoms with Crippen molar-refractivity contribution >= 4 is 11.9 Å². The molecule has 1 spiro atoms. The number of alkyl halides is 3. The van der Waals surface area contributed by atoms with Crippen molar-refractivity contribution in [3.63, 3.8) is 0 Å². The van der Waals surface area contributed by atoms with Crippen LogP contribution in [-0.4, -0.2) is 74.2 Å². The number of carbonyl (C=O) groups excluding carboxylic acids is 1. The number of carbonyl (C=O) groups is 2. The topological polar surface area (TPSA) is 78.7 Å². The van der Waals surface area contributed by atoms with Crippen LogP contribution < -0.4 is 0 Å². The molecule has 0 atom stereocenters. The predicted octanol–water partition coefficient (Wildman–Crippen LogP) is 2.14. The van der Waals surface area contributed by atoms with Gasteiger partial charge in [-0.15, -0.1) is 0 Å². The fraction of sp³-hybridized carbons (Fsp3) is 0.706. The summed E-state index contributed by atoms with van der Waals surface area (Å²) < 4.78 is 33.5. The maximum absolute atomic E-state index is 12.5. The van der Waals surface area contributed by atoms with E-state index >= 15 is 0 Å². The predicted molar refractivity (Wildman–Crippen MR) is 91.2 cm³/mol. The number of hydrogen-bond acceptors (Lipinski definition) is 4. The van der Waals surface area contributed by atoms with Crippen molar-refractivity contribution in [1.82, 2.24) is 19.4 Å². The van der Waals surface area contributed by atoms with Gasteiger partial charge in [0.05, 0.1) is 0 Å². The van der Waals surface area contributed by atoms with E-state index in [-0.39, 0.29) is 5.91 Å². The van der Waals surface area contributed by atoms with E-state index in [1.54, 1.807) is 10.8 Å². The van der Waals surface area contributed by atoms with Crippen LogP contribution in [0.3, 0.4) is 0 Å². The summed E-state index contributed by atoms with van der Waals surface area (Å²) in [6.07, 6.45) is 3.25. The van der Waals surface area contributed by atoms with Crippen LogP contribution in [-0.2, 0) is 11.8 Å². The number of nitrogens with zero attached hydrogens (tertiary/aromatic N) is 4. The van der Waals surface area contributed by atoms with Gasteiger partial charge in [-0.25, -0.2) is 9.78 Å². The Morgan fingerprint density at radius 3 is 2.26 bits per heavy atom. The molecule has 152 valence electrons. The maximum atomic E-state index is 12.5. The molecule has 3 rings (SSSR count). The van der Waals surface area contributed by atoms with E-state index in [9.17, 15) is 18.0 Å². The summed E-state index contributed by atoms with van der Waals surface area (Å²) in [7, 11) is 1.88. The minimum atomic E-state index is -5.08. The Balaban J connectivity index is 0.000000321. The van der Waals surface area contributed by atoms with Gasteiger partial charge in [0, 0.05) is 38.1 Å². The van der Waals surface area contributed by atoms with E-state index in [1.165, 1.54) is 19.4 Å². The van der Waals surface area contributed by atoms with E-state index < -0.39 is 12.1 Å². The van der Waals surface area contributed by atoms with Gasteiger partial charge in [0.1, 0.15) is 0 Å². The molecule has 2 fully saturated rings. The molecule has 0 bridgehead atoms. The molecule has 7 nitrogen and oxygen atoms in total. The first kappa shape index (κ1) is 21.2. The quantitative estimate of drug-likeness (QED) is 0.837. The van der Waals surface area contributed by atoms with E-state index in [2.05, 4.69) is 16.8 Å². The molecule has 1 amide bonds. The second-order valence-electron chi connectivity index (χ2n) is 6.86. The molecule has 2 aliphatic heterocycles. The summed E-state index contributed by atoms with van der Waals surface area (Å²) in [5, 5.41) is 7.12. The van der Waals surface area contributed by atoms with Gasteiger partial charge in [0.2, 0.25) is 0 Å². The molecular weight excluding hydrogens is 365 g/mol. The number of amides is 1. The molecule has 27 heavy (non-hydrogen) atoms. The Labute approximate surface area is 155 Å². The van der Waals surface area contributed by atoms with Gasteiger partial charge >= 0.3 is 12.1 Å².